The third-order valence-electron chi connectivity index (χ3n) is 1.98. The Hall–Kier alpha value is -1.67. The fourth-order valence-corrected chi connectivity index (χ4v) is 1.30. The Kier molecular flexibility index (Phi) is 3.32. The third kappa shape index (κ3) is 2.67. The van der Waals surface area contributed by atoms with Crippen molar-refractivity contribution in [3.63, 3.8) is 0 Å². The summed E-state index contributed by atoms with van der Waals surface area (Å²) in [5.74, 6) is 0.709. The van der Waals surface area contributed by atoms with Crippen LogP contribution in [0.25, 0.3) is 0 Å². The van der Waals surface area contributed by atoms with Gasteiger partial charge in [0.25, 0.3) is 0 Å². The Morgan fingerprint density at radius 2 is 1.81 bits per heavy atom. The molecule has 2 aromatic carbocycles. The van der Waals surface area contributed by atoms with Gasteiger partial charge in [-0.1, -0.05) is 35.9 Å². The first-order valence-electron chi connectivity index (χ1n) is 4.72. The fourth-order valence-electron chi connectivity index (χ4n) is 1.18. The van der Waals surface area contributed by atoms with Crippen LogP contribution < -0.4 is 4.74 Å². The number of hydrogen-bond donors (Lipinski definition) is 1. The van der Waals surface area contributed by atoms with Crippen LogP contribution >= 0.6 is 11.6 Å². The highest BCUT2D eigenvalue weighted by molar-refractivity contribution is 6.32. The van der Waals surface area contributed by atoms with Gasteiger partial charge in [0.1, 0.15) is 11.5 Å². The fraction of sp³-hybridized carbons (Fsp3) is 0. The Morgan fingerprint density at radius 1 is 1.06 bits per heavy atom. The van der Waals surface area contributed by atoms with E-state index in [-0.39, 0.29) is 5.75 Å². The van der Waals surface area contributed by atoms with Gasteiger partial charge in [-0.2, -0.15) is 0 Å². The average molecular weight is 233 g/mol. The predicted octanol–water partition coefficient (Wildman–Crippen LogP) is 3.51. The van der Waals surface area contributed by atoms with Crippen LogP contribution in [0.1, 0.15) is 5.56 Å². The van der Waals surface area contributed by atoms with Gasteiger partial charge in [-0.3, -0.25) is 0 Å². The Bertz CT molecular complexity index is 469. The molecule has 0 aliphatic carbocycles. The monoisotopic (exact) mass is 232 g/mol. The van der Waals surface area contributed by atoms with Crippen LogP contribution in [-0.4, -0.2) is 5.11 Å². The minimum Gasteiger partial charge on any atom is -0.506 e. The molecule has 0 saturated carbocycles. The number of aromatic hydroxyl groups is 1. The molecule has 0 aliphatic heterocycles. The first-order chi connectivity index (χ1) is 7.75. The van der Waals surface area contributed by atoms with Crippen LogP contribution in [0.5, 0.6) is 11.5 Å². The minimum absolute atomic E-state index is 0.0170. The summed E-state index contributed by atoms with van der Waals surface area (Å²) >= 11 is 5.68. The molecular weight excluding hydrogens is 224 g/mol. The number of hydrogen-bond acceptors (Lipinski definition) is 2. The summed E-state index contributed by atoms with van der Waals surface area (Å²) in [5, 5.41) is 9.68. The van der Waals surface area contributed by atoms with Crippen molar-refractivity contribution in [2.24, 2.45) is 0 Å². The van der Waals surface area contributed by atoms with E-state index in [1.54, 1.807) is 12.1 Å². The molecule has 1 N–H and O–H groups in total. The summed E-state index contributed by atoms with van der Waals surface area (Å²) in [6.45, 7) is 2.71. The van der Waals surface area contributed by atoms with Gasteiger partial charge in [-0.15, -0.1) is 0 Å². The van der Waals surface area contributed by atoms with Crippen molar-refractivity contribution >= 4 is 11.6 Å². The van der Waals surface area contributed by atoms with Crippen LogP contribution in [0.2, 0.25) is 5.02 Å². The van der Waals surface area contributed by atoms with Gasteiger partial charge in [0.15, 0.2) is 0 Å². The standard InChI is InChI=1S/C13H9ClO2/c14-12-7-6-10(8-13(12)15)9-16-11-4-2-1-3-5-11/h1-8,15H. The number of halogens is 1. The van der Waals surface area contributed by atoms with Crippen molar-refractivity contribution in [2.75, 3.05) is 0 Å². The van der Waals surface area contributed by atoms with Crippen LogP contribution in [0.4, 0.5) is 0 Å². The van der Waals surface area contributed by atoms with E-state index in [0.717, 1.165) is 0 Å². The molecule has 3 heteroatoms. The van der Waals surface area contributed by atoms with Gasteiger partial charge < -0.3 is 9.84 Å². The molecule has 0 amide bonds. The smallest absolute Gasteiger partial charge is 0.230 e. The van der Waals surface area contributed by atoms with Crippen LogP contribution in [0.3, 0.4) is 0 Å². The minimum atomic E-state index is 0.0170. The van der Waals surface area contributed by atoms with Crippen molar-refractivity contribution in [2.45, 2.75) is 0 Å². The number of phenols is 1. The zero-order valence-corrected chi connectivity index (χ0v) is 9.11. The third-order valence-corrected chi connectivity index (χ3v) is 2.30. The highest BCUT2D eigenvalue weighted by Gasteiger charge is 2.02. The molecule has 0 fully saturated rings. The maximum absolute atomic E-state index is 9.37. The molecule has 2 nitrogen and oxygen atoms in total. The number of para-hydroxylation sites is 1. The van der Waals surface area contributed by atoms with Gasteiger partial charge >= 0.3 is 0 Å². The molecule has 0 heterocycles. The first-order valence-corrected chi connectivity index (χ1v) is 5.10. The molecule has 0 unspecified atom stereocenters. The topological polar surface area (TPSA) is 29.5 Å². The summed E-state index contributed by atoms with van der Waals surface area (Å²) in [6.07, 6.45) is 0. The molecule has 2 rings (SSSR count). The molecule has 0 aromatic heterocycles. The number of ether oxygens (including phenoxy) is 1. The van der Waals surface area contributed by atoms with Crippen LogP contribution in [0, 0.1) is 6.61 Å². The maximum Gasteiger partial charge on any atom is 0.230 e. The average Bonchev–Trinajstić information content (AvgIpc) is 2.32. The van der Waals surface area contributed by atoms with E-state index in [9.17, 15) is 5.11 Å². The van der Waals surface area contributed by atoms with E-state index >= 15 is 0 Å². The Morgan fingerprint density at radius 3 is 2.50 bits per heavy atom. The SMILES string of the molecule is Oc1cc([C]Oc2ccccc2)ccc1Cl. The zero-order valence-electron chi connectivity index (χ0n) is 8.35. The number of rotatable bonds is 3. The molecule has 0 bridgehead atoms. The lowest BCUT2D eigenvalue weighted by atomic mass is 10.2. The van der Waals surface area contributed by atoms with E-state index in [2.05, 4.69) is 6.61 Å². The summed E-state index contributed by atoms with van der Waals surface area (Å²) in [7, 11) is 0. The van der Waals surface area contributed by atoms with Crippen LogP contribution in [-0.2, 0) is 0 Å². The van der Waals surface area contributed by atoms with E-state index in [0.29, 0.717) is 16.3 Å². The highest BCUT2D eigenvalue weighted by Crippen LogP contribution is 2.24. The van der Waals surface area contributed by atoms with Gasteiger partial charge in [0, 0.05) is 5.56 Å². The number of benzene rings is 2. The molecule has 0 spiro atoms. The van der Waals surface area contributed by atoms with Crippen LogP contribution in [0.15, 0.2) is 48.5 Å². The van der Waals surface area contributed by atoms with Gasteiger partial charge in [0.2, 0.25) is 6.61 Å². The van der Waals surface area contributed by atoms with Crippen molar-refractivity contribution < 1.29 is 9.84 Å². The summed E-state index contributed by atoms with van der Waals surface area (Å²) in [4.78, 5) is 0. The molecule has 2 radical (unpaired) electrons. The zero-order chi connectivity index (χ0) is 11.4. The van der Waals surface area contributed by atoms with Crippen molar-refractivity contribution in [3.05, 3.63) is 65.7 Å². The van der Waals surface area contributed by atoms with E-state index in [1.165, 1.54) is 6.07 Å². The van der Waals surface area contributed by atoms with Crippen molar-refractivity contribution in [1.29, 1.82) is 0 Å². The molecule has 0 aliphatic rings. The maximum atomic E-state index is 9.37. The van der Waals surface area contributed by atoms with Gasteiger partial charge in [0.05, 0.1) is 5.02 Å². The highest BCUT2D eigenvalue weighted by atomic mass is 35.5. The molecule has 16 heavy (non-hydrogen) atoms. The Balaban J connectivity index is 2.03. The number of phenolic OH excluding ortho intramolecular Hbond substituents is 1. The van der Waals surface area contributed by atoms with Crippen molar-refractivity contribution in [1.82, 2.24) is 0 Å². The lowest BCUT2D eigenvalue weighted by Crippen LogP contribution is -1.91. The second-order valence-corrected chi connectivity index (χ2v) is 3.59. The largest absolute Gasteiger partial charge is 0.506 e. The lowest BCUT2D eigenvalue weighted by molar-refractivity contribution is 0.426. The first kappa shape index (κ1) is 10.8. The summed E-state index contributed by atoms with van der Waals surface area (Å²) in [5.41, 5.74) is 0.630. The van der Waals surface area contributed by atoms with E-state index < -0.39 is 0 Å². The molecular formula is C13H9ClO2. The molecule has 2 aromatic rings. The summed E-state index contributed by atoms with van der Waals surface area (Å²) < 4.78 is 5.28. The Labute approximate surface area is 99.1 Å². The van der Waals surface area contributed by atoms with Gasteiger partial charge in [-0.05, 0) is 24.3 Å². The van der Waals surface area contributed by atoms with Crippen molar-refractivity contribution in [3.8, 4) is 11.5 Å². The molecule has 0 atom stereocenters. The summed E-state index contributed by atoms with van der Waals surface area (Å²) in [6, 6.07) is 14.1. The van der Waals surface area contributed by atoms with E-state index in [4.69, 9.17) is 16.3 Å². The second-order valence-electron chi connectivity index (χ2n) is 3.18. The normalized spacial score (nSPS) is 10.1. The lowest BCUT2D eigenvalue weighted by Gasteiger charge is -2.04. The predicted molar refractivity (Wildman–Crippen MR) is 62.5 cm³/mol. The molecule has 0 saturated heterocycles. The van der Waals surface area contributed by atoms with E-state index in [1.807, 2.05) is 30.3 Å². The molecule has 80 valence electrons. The second kappa shape index (κ2) is 4.90. The quantitative estimate of drug-likeness (QED) is 0.878. The van der Waals surface area contributed by atoms with Gasteiger partial charge in [-0.25, -0.2) is 0 Å².